The molecule has 0 radical (unpaired) electrons. The van der Waals surface area contributed by atoms with Crippen molar-refractivity contribution in [2.24, 2.45) is 0 Å². The zero-order valence-electron chi connectivity index (χ0n) is 17.7. The molecule has 0 aliphatic carbocycles. The molecule has 0 saturated heterocycles. The van der Waals surface area contributed by atoms with E-state index in [2.05, 4.69) is 39.1 Å². The van der Waals surface area contributed by atoms with Crippen molar-refractivity contribution in [2.45, 2.75) is 39.5 Å². The summed E-state index contributed by atoms with van der Waals surface area (Å²) in [6.07, 6.45) is 0.698. The summed E-state index contributed by atoms with van der Waals surface area (Å²) in [4.78, 5) is 12.2. The maximum Gasteiger partial charge on any atom is 0.257 e. The van der Waals surface area contributed by atoms with Crippen LogP contribution in [0.3, 0.4) is 0 Å². The van der Waals surface area contributed by atoms with Crippen LogP contribution in [0.2, 0.25) is 0 Å². The van der Waals surface area contributed by atoms with E-state index in [1.54, 1.807) is 14.2 Å². The topological polar surface area (TPSA) is 56.8 Å². The molecule has 0 atom stereocenters. The van der Waals surface area contributed by atoms with Gasteiger partial charge < -0.3 is 19.5 Å². The van der Waals surface area contributed by atoms with Crippen LogP contribution in [0.5, 0.6) is 17.2 Å². The van der Waals surface area contributed by atoms with Crippen LogP contribution in [0.4, 0.5) is 0 Å². The zero-order chi connectivity index (χ0) is 20.7. The Morgan fingerprint density at radius 2 is 1.64 bits per heavy atom. The fourth-order valence-electron chi connectivity index (χ4n) is 2.93. The fourth-order valence-corrected chi connectivity index (χ4v) is 2.93. The molecular formula is C23H31NO4. The number of nitrogens with one attached hydrogen (secondary N) is 1. The van der Waals surface area contributed by atoms with E-state index in [0.717, 1.165) is 16.9 Å². The van der Waals surface area contributed by atoms with Gasteiger partial charge in [0.2, 0.25) is 0 Å². The first-order valence-corrected chi connectivity index (χ1v) is 9.46. The highest BCUT2D eigenvalue weighted by molar-refractivity contribution is 5.77. The molecule has 0 heterocycles. The van der Waals surface area contributed by atoms with Crippen LogP contribution in [0.25, 0.3) is 0 Å². The van der Waals surface area contributed by atoms with E-state index in [-0.39, 0.29) is 17.9 Å². The number of methoxy groups -OCH3 is 2. The number of ether oxygens (including phenoxy) is 3. The summed E-state index contributed by atoms with van der Waals surface area (Å²) in [6.45, 7) is 8.99. The maximum atomic E-state index is 12.2. The number of carbonyl (C=O) groups excluding carboxylic acids is 1. The van der Waals surface area contributed by atoms with Crippen LogP contribution in [0.15, 0.2) is 36.4 Å². The van der Waals surface area contributed by atoms with E-state index in [1.807, 2.05) is 30.3 Å². The molecule has 0 spiro atoms. The molecular weight excluding hydrogens is 354 g/mol. The summed E-state index contributed by atoms with van der Waals surface area (Å²) < 4.78 is 16.3. The maximum absolute atomic E-state index is 12.2. The number of hydrogen-bond donors (Lipinski definition) is 1. The SMILES string of the molecule is COc1ccc(CCNC(=O)COc2ccc(C)cc2C(C)(C)C)cc1OC. The van der Waals surface area contributed by atoms with E-state index in [9.17, 15) is 4.79 Å². The Hall–Kier alpha value is -2.69. The van der Waals surface area contributed by atoms with E-state index < -0.39 is 0 Å². The van der Waals surface area contributed by atoms with Crippen molar-refractivity contribution < 1.29 is 19.0 Å². The molecule has 0 aliphatic rings. The number of rotatable bonds is 8. The highest BCUT2D eigenvalue weighted by atomic mass is 16.5. The molecule has 152 valence electrons. The molecule has 5 nitrogen and oxygen atoms in total. The predicted octanol–water partition coefficient (Wildman–Crippen LogP) is 4.05. The first kappa shape index (κ1) is 21.6. The lowest BCUT2D eigenvalue weighted by Crippen LogP contribution is -2.31. The van der Waals surface area contributed by atoms with Crippen LogP contribution in [-0.4, -0.2) is 33.3 Å². The lowest BCUT2D eigenvalue weighted by atomic mass is 9.85. The smallest absolute Gasteiger partial charge is 0.257 e. The molecule has 28 heavy (non-hydrogen) atoms. The molecule has 1 amide bonds. The van der Waals surface area contributed by atoms with Crippen molar-refractivity contribution in [1.82, 2.24) is 5.32 Å². The number of aryl methyl sites for hydroxylation is 1. The zero-order valence-corrected chi connectivity index (χ0v) is 17.7. The summed E-state index contributed by atoms with van der Waals surface area (Å²) in [5.41, 5.74) is 3.29. The van der Waals surface area contributed by atoms with Gasteiger partial charge in [0.05, 0.1) is 14.2 Å². The third-order valence-electron chi connectivity index (χ3n) is 4.49. The Balaban J connectivity index is 1.87. The van der Waals surface area contributed by atoms with Crippen LogP contribution in [0.1, 0.15) is 37.5 Å². The average Bonchev–Trinajstić information content (AvgIpc) is 2.66. The van der Waals surface area contributed by atoms with Crippen molar-refractivity contribution in [3.8, 4) is 17.2 Å². The quantitative estimate of drug-likeness (QED) is 0.745. The Morgan fingerprint density at radius 3 is 2.29 bits per heavy atom. The van der Waals surface area contributed by atoms with Crippen molar-refractivity contribution in [1.29, 1.82) is 0 Å². The standard InChI is InChI=1S/C23H31NO4/c1-16-7-9-19(18(13-16)23(2,3)4)28-15-22(25)24-12-11-17-8-10-20(26-5)21(14-17)27-6/h7-10,13-14H,11-12,15H2,1-6H3,(H,24,25). The van der Waals surface area contributed by atoms with Crippen LogP contribution in [0, 0.1) is 6.92 Å². The average molecular weight is 386 g/mol. The molecule has 0 bridgehead atoms. The Bertz CT molecular complexity index is 809. The van der Waals surface area contributed by atoms with Gasteiger partial charge in [0.1, 0.15) is 5.75 Å². The second-order valence-electron chi connectivity index (χ2n) is 7.83. The molecule has 5 heteroatoms. The summed E-state index contributed by atoms with van der Waals surface area (Å²) >= 11 is 0. The first-order valence-electron chi connectivity index (χ1n) is 9.46. The fraction of sp³-hybridized carbons (Fsp3) is 0.435. The summed E-state index contributed by atoms with van der Waals surface area (Å²) in [6, 6.07) is 11.8. The molecule has 1 N–H and O–H groups in total. The lowest BCUT2D eigenvalue weighted by molar-refractivity contribution is -0.123. The minimum absolute atomic E-state index is 0.00191. The molecule has 0 saturated carbocycles. The summed E-state index contributed by atoms with van der Waals surface area (Å²) in [7, 11) is 3.22. The van der Waals surface area contributed by atoms with Crippen LogP contribution in [-0.2, 0) is 16.6 Å². The highest BCUT2D eigenvalue weighted by Crippen LogP contribution is 2.32. The van der Waals surface area contributed by atoms with Gasteiger partial charge in [0.15, 0.2) is 18.1 Å². The Kier molecular flexibility index (Phi) is 7.32. The number of amides is 1. The van der Waals surface area contributed by atoms with Crippen molar-refractivity contribution in [2.75, 3.05) is 27.4 Å². The number of carbonyl (C=O) groups is 1. The van der Waals surface area contributed by atoms with Gasteiger partial charge in [-0.2, -0.15) is 0 Å². The van der Waals surface area contributed by atoms with E-state index in [4.69, 9.17) is 14.2 Å². The van der Waals surface area contributed by atoms with Gasteiger partial charge in [-0.05, 0) is 48.1 Å². The van der Waals surface area contributed by atoms with Gasteiger partial charge in [-0.3, -0.25) is 4.79 Å². The third-order valence-corrected chi connectivity index (χ3v) is 4.49. The molecule has 0 unspecified atom stereocenters. The first-order chi connectivity index (χ1) is 13.2. The molecule has 0 aromatic heterocycles. The van der Waals surface area contributed by atoms with Crippen molar-refractivity contribution in [3.63, 3.8) is 0 Å². The number of hydrogen-bond acceptors (Lipinski definition) is 4. The van der Waals surface area contributed by atoms with Gasteiger partial charge in [0.25, 0.3) is 5.91 Å². The van der Waals surface area contributed by atoms with Gasteiger partial charge in [0, 0.05) is 6.54 Å². The van der Waals surface area contributed by atoms with Crippen LogP contribution >= 0.6 is 0 Å². The molecule has 2 aromatic rings. The summed E-state index contributed by atoms with van der Waals surface area (Å²) in [5.74, 6) is 1.99. The minimum atomic E-state index is -0.138. The van der Waals surface area contributed by atoms with E-state index >= 15 is 0 Å². The van der Waals surface area contributed by atoms with Gasteiger partial charge in [-0.25, -0.2) is 0 Å². The summed E-state index contributed by atoms with van der Waals surface area (Å²) in [5, 5.41) is 2.90. The van der Waals surface area contributed by atoms with E-state index in [1.165, 1.54) is 5.56 Å². The lowest BCUT2D eigenvalue weighted by Gasteiger charge is -2.23. The largest absolute Gasteiger partial charge is 0.493 e. The Labute approximate surface area is 168 Å². The second-order valence-corrected chi connectivity index (χ2v) is 7.83. The minimum Gasteiger partial charge on any atom is -0.493 e. The molecule has 0 fully saturated rings. The predicted molar refractivity (Wildman–Crippen MR) is 112 cm³/mol. The van der Waals surface area contributed by atoms with Gasteiger partial charge in [-0.1, -0.05) is 44.5 Å². The van der Waals surface area contributed by atoms with Crippen molar-refractivity contribution in [3.05, 3.63) is 53.1 Å². The number of benzene rings is 2. The Morgan fingerprint density at radius 1 is 0.964 bits per heavy atom. The van der Waals surface area contributed by atoms with E-state index in [0.29, 0.717) is 24.5 Å². The molecule has 2 rings (SSSR count). The normalized spacial score (nSPS) is 11.1. The van der Waals surface area contributed by atoms with Gasteiger partial charge in [-0.15, -0.1) is 0 Å². The molecule has 2 aromatic carbocycles. The highest BCUT2D eigenvalue weighted by Gasteiger charge is 2.19. The second kappa shape index (κ2) is 9.49. The van der Waals surface area contributed by atoms with Crippen LogP contribution < -0.4 is 19.5 Å². The van der Waals surface area contributed by atoms with Crippen molar-refractivity contribution >= 4 is 5.91 Å². The van der Waals surface area contributed by atoms with Gasteiger partial charge >= 0.3 is 0 Å². The monoisotopic (exact) mass is 385 g/mol. The third kappa shape index (κ3) is 5.91. The molecule has 0 aliphatic heterocycles.